The molecular weight excluding hydrogens is 128 g/mol. The van der Waals surface area contributed by atoms with Crippen molar-refractivity contribution >= 4 is 6.02 Å². The highest BCUT2D eigenvalue weighted by Crippen LogP contribution is 2.25. The first-order valence-corrected chi connectivity index (χ1v) is 3.53. The Morgan fingerprint density at radius 3 is 2.50 bits per heavy atom. The number of rotatable bonds is 1. The van der Waals surface area contributed by atoms with E-state index in [1.807, 2.05) is 6.92 Å². The Morgan fingerprint density at radius 2 is 2.30 bits per heavy atom. The monoisotopic (exact) mass is 142 g/mol. The van der Waals surface area contributed by atoms with E-state index in [2.05, 4.69) is 18.8 Å². The van der Waals surface area contributed by atoms with Crippen LogP contribution in [0.3, 0.4) is 0 Å². The van der Waals surface area contributed by atoms with Crippen LogP contribution in [0, 0.1) is 5.92 Å². The van der Waals surface area contributed by atoms with E-state index in [-0.39, 0.29) is 5.60 Å². The van der Waals surface area contributed by atoms with Crippen LogP contribution in [0.4, 0.5) is 0 Å². The molecule has 1 rings (SSSR count). The maximum Gasteiger partial charge on any atom is 0.282 e. The zero-order valence-corrected chi connectivity index (χ0v) is 6.72. The second kappa shape index (κ2) is 2.15. The Hall–Kier alpha value is -0.730. The lowest BCUT2D eigenvalue weighted by atomic mass is 9.93. The highest BCUT2D eigenvalue weighted by molar-refractivity contribution is 5.73. The number of nitrogens with zero attached hydrogens (tertiary/aromatic N) is 1. The van der Waals surface area contributed by atoms with Gasteiger partial charge in [0.25, 0.3) is 6.02 Å². The fraction of sp³-hybridized carbons (Fsp3) is 0.857. The minimum atomic E-state index is -0.163. The summed E-state index contributed by atoms with van der Waals surface area (Å²) in [6, 6.07) is 0.330. The smallest absolute Gasteiger partial charge is 0.282 e. The van der Waals surface area contributed by atoms with E-state index in [1.54, 1.807) is 0 Å². The summed E-state index contributed by atoms with van der Waals surface area (Å²) in [5.74, 6) is 0.456. The molecule has 0 fully saturated rings. The van der Waals surface area contributed by atoms with Gasteiger partial charge in [-0.2, -0.15) is 0 Å². The number of aliphatic imine (C=N–C) groups is 1. The molecule has 2 N–H and O–H groups in total. The quantitative estimate of drug-likeness (QED) is 0.587. The van der Waals surface area contributed by atoms with E-state index >= 15 is 0 Å². The Balaban J connectivity index is 2.61. The molecule has 10 heavy (non-hydrogen) atoms. The molecule has 3 heteroatoms. The van der Waals surface area contributed by atoms with E-state index in [1.165, 1.54) is 0 Å². The maximum atomic E-state index is 5.38. The molecule has 0 bridgehead atoms. The molecule has 3 nitrogen and oxygen atoms in total. The Kier molecular flexibility index (Phi) is 1.58. The minimum Gasteiger partial charge on any atom is -0.457 e. The molecule has 0 spiro atoms. The van der Waals surface area contributed by atoms with Crippen LogP contribution in [0.25, 0.3) is 0 Å². The molecule has 0 saturated carbocycles. The van der Waals surface area contributed by atoms with Gasteiger partial charge >= 0.3 is 0 Å². The van der Waals surface area contributed by atoms with Crippen LogP contribution in [-0.4, -0.2) is 18.2 Å². The highest BCUT2D eigenvalue weighted by atomic mass is 16.5. The number of nitrogens with two attached hydrogens (primary N) is 1. The largest absolute Gasteiger partial charge is 0.457 e. The van der Waals surface area contributed by atoms with Crippen LogP contribution < -0.4 is 5.73 Å². The molecule has 0 aliphatic carbocycles. The lowest BCUT2D eigenvalue weighted by Crippen LogP contribution is -2.36. The molecule has 0 amide bonds. The third-order valence-corrected chi connectivity index (χ3v) is 2.11. The zero-order chi connectivity index (χ0) is 7.78. The zero-order valence-electron chi connectivity index (χ0n) is 6.72. The van der Waals surface area contributed by atoms with Crippen LogP contribution in [0.2, 0.25) is 0 Å². The molecule has 0 aromatic carbocycles. The van der Waals surface area contributed by atoms with Crippen molar-refractivity contribution < 1.29 is 4.74 Å². The van der Waals surface area contributed by atoms with Gasteiger partial charge in [0, 0.05) is 0 Å². The van der Waals surface area contributed by atoms with E-state index < -0.39 is 0 Å². The molecule has 0 saturated heterocycles. The second-order valence-corrected chi connectivity index (χ2v) is 3.22. The van der Waals surface area contributed by atoms with Crippen LogP contribution in [0.5, 0.6) is 0 Å². The first-order valence-electron chi connectivity index (χ1n) is 3.53. The van der Waals surface area contributed by atoms with Gasteiger partial charge in [-0.05, 0) is 12.8 Å². The van der Waals surface area contributed by atoms with Gasteiger partial charge in [-0.25, -0.2) is 4.99 Å². The molecule has 58 valence electrons. The fourth-order valence-corrected chi connectivity index (χ4v) is 0.839. The average Bonchev–Trinajstić information content (AvgIpc) is 2.13. The third-order valence-electron chi connectivity index (χ3n) is 2.11. The van der Waals surface area contributed by atoms with Gasteiger partial charge in [0.05, 0.1) is 6.54 Å². The van der Waals surface area contributed by atoms with Crippen molar-refractivity contribution in [3.05, 3.63) is 0 Å². The Morgan fingerprint density at radius 1 is 1.70 bits per heavy atom. The molecule has 0 aromatic rings. The topological polar surface area (TPSA) is 47.6 Å². The SMILES string of the molecule is CC(C)C1(C)CN=C(N)O1. The lowest BCUT2D eigenvalue weighted by molar-refractivity contribution is 0.0566. The molecule has 1 heterocycles. The summed E-state index contributed by atoms with van der Waals surface area (Å²) in [5, 5.41) is 0. The number of hydrogen-bond acceptors (Lipinski definition) is 3. The Bertz CT molecular complexity index is 165. The fourth-order valence-electron chi connectivity index (χ4n) is 0.839. The van der Waals surface area contributed by atoms with Crippen molar-refractivity contribution in [1.82, 2.24) is 0 Å². The summed E-state index contributed by atoms with van der Waals surface area (Å²) < 4.78 is 5.34. The first kappa shape index (κ1) is 7.38. The molecule has 0 aromatic heterocycles. The summed E-state index contributed by atoms with van der Waals surface area (Å²) in [4.78, 5) is 3.98. The third kappa shape index (κ3) is 1.08. The van der Waals surface area contributed by atoms with Gasteiger partial charge in [0.2, 0.25) is 0 Å². The molecule has 1 unspecified atom stereocenters. The van der Waals surface area contributed by atoms with Crippen LogP contribution in [0.15, 0.2) is 4.99 Å². The molecule has 1 aliphatic rings. The predicted octanol–water partition coefficient (Wildman–Crippen LogP) is 0.746. The standard InChI is InChI=1S/C7H14N2O/c1-5(2)7(3)4-9-6(8)10-7/h5H,4H2,1-3H3,(H2,8,9). The van der Waals surface area contributed by atoms with Crippen LogP contribution in [-0.2, 0) is 4.74 Å². The van der Waals surface area contributed by atoms with Gasteiger partial charge in [-0.3, -0.25) is 0 Å². The Labute approximate surface area is 61.3 Å². The molecule has 1 aliphatic heterocycles. The molecule has 0 radical (unpaired) electrons. The van der Waals surface area contributed by atoms with Crippen molar-refractivity contribution in [3.8, 4) is 0 Å². The van der Waals surface area contributed by atoms with Crippen molar-refractivity contribution in [2.75, 3.05) is 6.54 Å². The summed E-state index contributed by atoms with van der Waals surface area (Å²) in [6.45, 7) is 6.93. The van der Waals surface area contributed by atoms with E-state index in [4.69, 9.17) is 10.5 Å². The predicted molar refractivity (Wildman–Crippen MR) is 40.8 cm³/mol. The lowest BCUT2D eigenvalue weighted by Gasteiger charge is -2.26. The highest BCUT2D eigenvalue weighted by Gasteiger charge is 2.35. The van der Waals surface area contributed by atoms with Crippen molar-refractivity contribution in [2.24, 2.45) is 16.6 Å². The summed E-state index contributed by atoms with van der Waals surface area (Å²) in [6.07, 6.45) is 0. The van der Waals surface area contributed by atoms with Crippen LogP contribution >= 0.6 is 0 Å². The van der Waals surface area contributed by atoms with Gasteiger partial charge in [-0.1, -0.05) is 13.8 Å². The minimum absolute atomic E-state index is 0.163. The van der Waals surface area contributed by atoms with Crippen molar-refractivity contribution in [3.63, 3.8) is 0 Å². The summed E-state index contributed by atoms with van der Waals surface area (Å²) >= 11 is 0. The molecule has 1 atom stereocenters. The van der Waals surface area contributed by atoms with Gasteiger partial charge in [-0.15, -0.1) is 0 Å². The van der Waals surface area contributed by atoms with Crippen molar-refractivity contribution in [2.45, 2.75) is 26.4 Å². The maximum absolute atomic E-state index is 5.38. The van der Waals surface area contributed by atoms with Gasteiger partial charge in [0.1, 0.15) is 5.60 Å². The van der Waals surface area contributed by atoms with E-state index in [0.29, 0.717) is 18.5 Å². The normalized spacial score (nSPS) is 32.2. The van der Waals surface area contributed by atoms with Gasteiger partial charge < -0.3 is 10.5 Å². The number of hydrogen-bond donors (Lipinski definition) is 1. The first-order chi connectivity index (χ1) is 4.54. The average molecular weight is 142 g/mol. The number of amidine groups is 1. The van der Waals surface area contributed by atoms with Gasteiger partial charge in [0.15, 0.2) is 0 Å². The summed E-state index contributed by atoms with van der Waals surface area (Å²) in [7, 11) is 0. The molecular formula is C7H14N2O. The summed E-state index contributed by atoms with van der Waals surface area (Å²) in [5.41, 5.74) is 5.21. The van der Waals surface area contributed by atoms with Crippen molar-refractivity contribution in [1.29, 1.82) is 0 Å². The number of ether oxygens (including phenoxy) is 1. The van der Waals surface area contributed by atoms with E-state index in [9.17, 15) is 0 Å². The second-order valence-electron chi connectivity index (χ2n) is 3.22. The van der Waals surface area contributed by atoms with Crippen LogP contribution in [0.1, 0.15) is 20.8 Å². The van der Waals surface area contributed by atoms with E-state index in [0.717, 1.165) is 0 Å².